The molecule has 0 radical (unpaired) electrons. The molecule has 0 spiro atoms. The van der Waals surface area contributed by atoms with Crippen LogP contribution in [0.4, 0.5) is 0 Å². The van der Waals surface area contributed by atoms with Gasteiger partial charge in [0.2, 0.25) is 0 Å². The summed E-state index contributed by atoms with van der Waals surface area (Å²) < 4.78 is 5.74. The summed E-state index contributed by atoms with van der Waals surface area (Å²) in [4.78, 5) is 10.8. The molecule has 2 aromatic carbocycles. The molecule has 0 aliphatic carbocycles. The summed E-state index contributed by atoms with van der Waals surface area (Å²) in [7, 11) is 0. The van der Waals surface area contributed by atoms with Crippen LogP contribution < -0.4 is 0 Å². The third-order valence-electron chi connectivity index (χ3n) is 2.80. The van der Waals surface area contributed by atoms with E-state index in [1.165, 1.54) is 0 Å². The molecule has 0 aliphatic heterocycles. The van der Waals surface area contributed by atoms with Crippen molar-refractivity contribution in [3.8, 4) is 11.3 Å². The molecule has 0 fully saturated rings. The minimum Gasteiger partial charge on any atom is -0.455 e. The Morgan fingerprint density at radius 1 is 1.06 bits per heavy atom. The molecule has 0 bridgehead atoms. The quantitative estimate of drug-likeness (QED) is 0.629. The van der Waals surface area contributed by atoms with Gasteiger partial charge in [-0.05, 0) is 18.2 Å². The van der Waals surface area contributed by atoms with Crippen molar-refractivity contribution in [1.82, 2.24) is 0 Å². The highest BCUT2D eigenvalue weighted by Gasteiger charge is 2.08. The molecule has 0 saturated carbocycles. The summed E-state index contributed by atoms with van der Waals surface area (Å²) in [6, 6.07) is 14.8. The first-order valence-electron chi connectivity index (χ1n) is 5.51. The van der Waals surface area contributed by atoms with Gasteiger partial charge < -0.3 is 4.42 Å². The Balaban J connectivity index is 2.19. The number of halogens is 1. The van der Waals surface area contributed by atoms with E-state index in [2.05, 4.69) is 0 Å². The highest BCUT2D eigenvalue weighted by Crippen LogP contribution is 2.32. The SMILES string of the molecule is O=Cc1cccc(-c2cc3cccc(Cl)c3o2)c1. The molecule has 2 nitrogen and oxygen atoms in total. The fourth-order valence-corrected chi connectivity index (χ4v) is 2.16. The van der Waals surface area contributed by atoms with Crippen LogP contribution >= 0.6 is 11.6 Å². The lowest BCUT2D eigenvalue weighted by atomic mass is 10.1. The first-order chi connectivity index (χ1) is 8.78. The van der Waals surface area contributed by atoms with Crippen molar-refractivity contribution >= 4 is 28.9 Å². The van der Waals surface area contributed by atoms with Crippen LogP contribution in [0.5, 0.6) is 0 Å². The molecule has 0 N–H and O–H groups in total. The van der Waals surface area contributed by atoms with Gasteiger partial charge in [-0.1, -0.05) is 41.9 Å². The van der Waals surface area contributed by atoms with Gasteiger partial charge in [0.05, 0.1) is 5.02 Å². The molecule has 1 aromatic heterocycles. The van der Waals surface area contributed by atoms with Crippen LogP contribution in [0.3, 0.4) is 0 Å². The smallest absolute Gasteiger partial charge is 0.153 e. The monoisotopic (exact) mass is 256 g/mol. The summed E-state index contributed by atoms with van der Waals surface area (Å²) in [5.41, 5.74) is 2.16. The van der Waals surface area contributed by atoms with Crippen molar-refractivity contribution in [3.63, 3.8) is 0 Å². The number of carbonyl (C=O) groups excluding carboxylic acids is 1. The van der Waals surface area contributed by atoms with Crippen LogP contribution in [0.2, 0.25) is 5.02 Å². The zero-order chi connectivity index (χ0) is 12.5. The van der Waals surface area contributed by atoms with Crippen LogP contribution in [-0.4, -0.2) is 6.29 Å². The van der Waals surface area contributed by atoms with Crippen molar-refractivity contribution in [2.75, 3.05) is 0 Å². The number of rotatable bonds is 2. The molecule has 0 saturated heterocycles. The van der Waals surface area contributed by atoms with Gasteiger partial charge in [-0.25, -0.2) is 0 Å². The maximum Gasteiger partial charge on any atom is 0.153 e. The normalized spacial score (nSPS) is 10.7. The summed E-state index contributed by atoms with van der Waals surface area (Å²) in [5.74, 6) is 0.710. The third-order valence-corrected chi connectivity index (χ3v) is 3.10. The zero-order valence-electron chi connectivity index (χ0n) is 9.39. The topological polar surface area (TPSA) is 30.2 Å². The molecule has 1 heterocycles. The minimum absolute atomic E-state index is 0.588. The van der Waals surface area contributed by atoms with Gasteiger partial charge in [-0.15, -0.1) is 0 Å². The number of carbonyl (C=O) groups is 1. The molecular formula is C15H9ClO2. The third kappa shape index (κ3) is 1.81. The lowest BCUT2D eigenvalue weighted by molar-refractivity contribution is 0.112. The molecule has 3 rings (SSSR count). The van der Waals surface area contributed by atoms with E-state index in [4.69, 9.17) is 16.0 Å². The number of fused-ring (bicyclic) bond motifs is 1. The Kier molecular flexibility index (Phi) is 2.65. The van der Waals surface area contributed by atoms with E-state index in [1.807, 2.05) is 30.3 Å². The first kappa shape index (κ1) is 11.1. The fraction of sp³-hybridized carbons (Fsp3) is 0. The molecular weight excluding hydrogens is 248 g/mol. The highest BCUT2D eigenvalue weighted by atomic mass is 35.5. The van der Waals surface area contributed by atoms with Crippen LogP contribution in [0, 0.1) is 0 Å². The second-order valence-corrected chi connectivity index (χ2v) is 4.42. The second kappa shape index (κ2) is 4.31. The van der Waals surface area contributed by atoms with Gasteiger partial charge in [0.1, 0.15) is 12.0 Å². The number of furan rings is 1. The number of aldehydes is 1. The molecule has 18 heavy (non-hydrogen) atoms. The number of hydrogen-bond donors (Lipinski definition) is 0. The maximum absolute atomic E-state index is 10.8. The molecule has 0 atom stereocenters. The maximum atomic E-state index is 10.8. The summed E-state index contributed by atoms with van der Waals surface area (Å²) in [6.45, 7) is 0. The Morgan fingerprint density at radius 3 is 2.67 bits per heavy atom. The van der Waals surface area contributed by atoms with Gasteiger partial charge in [0.15, 0.2) is 5.58 Å². The minimum atomic E-state index is 0.588. The van der Waals surface area contributed by atoms with Crippen LogP contribution in [0.1, 0.15) is 10.4 Å². The highest BCUT2D eigenvalue weighted by molar-refractivity contribution is 6.34. The van der Waals surface area contributed by atoms with E-state index < -0.39 is 0 Å². The Hall–Kier alpha value is -2.06. The summed E-state index contributed by atoms with van der Waals surface area (Å²) in [6.07, 6.45) is 0.819. The average molecular weight is 257 g/mol. The lowest BCUT2D eigenvalue weighted by Crippen LogP contribution is -1.80. The van der Waals surface area contributed by atoms with Crippen LogP contribution in [0.15, 0.2) is 52.9 Å². The molecule has 0 amide bonds. The lowest BCUT2D eigenvalue weighted by Gasteiger charge is -1.97. The van der Waals surface area contributed by atoms with E-state index in [9.17, 15) is 4.79 Å². The molecule has 3 aromatic rings. The Labute approximate surface area is 109 Å². The van der Waals surface area contributed by atoms with Gasteiger partial charge in [0, 0.05) is 16.5 Å². The van der Waals surface area contributed by atoms with E-state index in [0.717, 1.165) is 17.2 Å². The van der Waals surface area contributed by atoms with Gasteiger partial charge >= 0.3 is 0 Å². The molecule has 88 valence electrons. The average Bonchev–Trinajstić information content (AvgIpc) is 2.84. The largest absolute Gasteiger partial charge is 0.455 e. The van der Waals surface area contributed by atoms with E-state index in [1.54, 1.807) is 18.2 Å². The van der Waals surface area contributed by atoms with Crippen molar-refractivity contribution < 1.29 is 9.21 Å². The zero-order valence-corrected chi connectivity index (χ0v) is 10.1. The van der Waals surface area contributed by atoms with Gasteiger partial charge in [0.25, 0.3) is 0 Å². The van der Waals surface area contributed by atoms with Crippen molar-refractivity contribution in [1.29, 1.82) is 0 Å². The number of para-hydroxylation sites is 1. The van der Waals surface area contributed by atoms with Crippen molar-refractivity contribution in [2.45, 2.75) is 0 Å². The number of hydrogen-bond acceptors (Lipinski definition) is 2. The summed E-state index contributed by atoms with van der Waals surface area (Å²) >= 11 is 6.07. The van der Waals surface area contributed by atoms with Gasteiger partial charge in [-0.3, -0.25) is 4.79 Å². The summed E-state index contributed by atoms with van der Waals surface area (Å²) in [5, 5.41) is 1.54. The Morgan fingerprint density at radius 2 is 1.89 bits per heavy atom. The molecule has 0 aliphatic rings. The van der Waals surface area contributed by atoms with E-state index in [0.29, 0.717) is 21.9 Å². The van der Waals surface area contributed by atoms with Crippen LogP contribution in [0.25, 0.3) is 22.3 Å². The fourth-order valence-electron chi connectivity index (χ4n) is 1.94. The van der Waals surface area contributed by atoms with Gasteiger partial charge in [-0.2, -0.15) is 0 Å². The standard InChI is InChI=1S/C15H9ClO2/c16-13-6-2-5-12-8-14(18-15(12)13)11-4-1-3-10(7-11)9-17/h1-9H. The predicted octanol–water partition coefficient (Wildman–Crippen LogP) is 4.57. The molecule has 0 unspecified atom stereocenters. The molecule has 3 heteroatoms. The Bertz CT molecular complexity index is 728. The number of benzene rings is 2. The van der Waals surface area contributed by atoms with E-state index >= 15 is 0 Å². The second-order valence-electron chi connectivity index (χ2n) is 4.01. The van der Waals surface area contributed by atoms with Crippen molar-refractivity contribution in [3.05, 3.63) is 59.1 Å². The van der Waals surface area contributed by atoms with E-state index in [-0.39, 0.29) is 0 Å². The van der Waals surface area contributed by atoms with Crippen LogP contribution in [-0.2, 0) is 0 Å². The predicted molar refractivity (Wildman–Crippen MR) is 72.0 cm³/mol. The van der Waals surface area contributed by atoms with Crippen molar-refractivity contribution in [2.24, 2.45) is 0 Å². The first-order valence-corrected chi connectivity index (χ1v) is 5.89.